The number of nitrogens with two attached hydrogens (primary N) is 3. The van der Waals surface area contributed by atoms with E-state index in [4.69, 9.17) is 17.2 Å². The molecule has 4 atom stereocenters. The fraction of sp³-hybridized carbons (Fsp3) is 0.560. The Morgan fingerprint density at radius 3 is 2.41 bits per heavy atom. The highest BCUT2D eigenvalue weighted by Crippen LogP contribution is 2.20. The Hall–Kier alpha value is -3.67. The van der Waals surface area contributed by atoms with Crippen molar-refractivity contribution in [1.82, 2.24) is 15.5 Å². The van der Waals surface area contributed by atoms with Gasteiger partial charge >= 0.3 is 5.97 Å². The molecule has 1 fully saturated rings. The van der Waals surface area contributed by atoms with Gasteiger partial charge in [0.05, 0.1) is 6.04 Å². The van der Waals surface area contributed by atoms with E-state index in [1.807, 2.05) is 30.3 Å². The van der Waals surface area contributed by atoms with Crippen LogP contribution in [0.25, 0.3) is 0 Å². The topological polar surface area (TPSA) is 206 Å². The molecule has 0 bridgehead atoms. The predicted octanol–water partition coefficient (Wildman–Crippen LogP) is -0.689. The van der Waals surface area contributed by atoms with Crippen LogP contribution in [0, 0.1) is 5.92 Å². The first kappa shape index (κ1) is 29.6. The van der Waals surface area contributed by atoms with Crippen molar-refractivity contribution in [1.29, 1.82) is 0 Å². The molecule has 12 heteroatoms. The second kappa shape index (κ2) is 14.2. The van der Waals surface area contributed by atoms with Gasteiger partial charge in [-0.1, -0.05) is 44.2 Å². The summed E-state index contributed by atoms with van der Waals surface area (Å²) in [6.45, 7) is 3.96. The second-order valence-corrected chi connectivity index (χ2v) is 9.56. The molecule has 0 saturated carbocycles. The highest BCUT2D eigenvalue weighted by molar-refractivity contribution is 5.94. The van der Waals surface area contributed by atoms with Crippen LogP contribution < -0.4 is 27.8 Å². The van der Waals surface area contributed by atoms with Crippen molar-refractivity contribution in [2.45, 2.75) is 70.1 Å². The van der Waals surface area contributed by atoms with E-state index < -0.39 is 47.9 Å². The zero-order valence-corrected chi connectivity index (χ0v) is 21.4. The number of hydrogen-bond donors (Lipinski definition) is 6. The Bertz CT molecular complexity index is 965. The van der Waals surface area contributed by atoms with Crippen molar-refractivity contribution in [3.05, 3.63) is 35.9 Å². The zero-order valence-electron chi connectivity index (χ0n) is 21.4. The molecule has 1 heterocycles. The number of likely N-dealkylation sites (tertiary alicyclic amines) is 1. The van der Waals surface area contributed by atoms with Crippen LogP contribution in [0.3, 0.4) is 0 Å². The number of nitrogens with one attached hydrogen (secondary N) is 2. The molecule has 37 heavy (non-hydrogen) atoms. The summed E-state index contributed by atoms with van der Waals surface area (Å²) in [6.07, 6.45) is 1.90. The SMILES string of the molecule is CC(C)C(NC(=O)C1CCCN1C(=O)C(CCCN=C(N)N)NC(=O)C(N)Cc1ccccc1)C(=O)O. The van der Waals surface area contributed by atoms with Gasteiger partial charge < -0.3 is 37.8 Å². The molecule has 1 aliphatic rings. The largest absolute Gasteiger partial charge is 0.480 e. The normalized spacial score (nSPS) is 17.5. The summed E-state index contributed by atoms with van der Waals surface area (Å²) in [7, 11) is 0. The first-order chi connectivity index (χ1) is 17.5. The number of benzene rings is 1. The molecular weight excluding hydrogens is 478 g/mol. The summed E-state index contributed by atoms with van der Waals surface area (Å²) in [6, 6.07) is 5.56. The first-order valence-electron chi connectivity index (χ1n) is 12.5. The third-order valence-electron chi connectivity index (χ3n) is 6.26. The van der Waals surface area contributed by atoms with Crippen LogP contribution in [0.5, 0.6) is 0 Å². The summed E-state index contributed by atoms with van der Waals surface area (Å²) in [5, 5.41) is 14.7. The standard InChI is InChI=1S/C25H39N7O5/c1-15(2)20(24(36)37)31-22(34)19-11-7-13-32(19)23(35)18(10-6-12-29-25(27)28)30-21(33)17(26)14-16-8-4-3-5-9-16/h3-5,8-9,15,17-20H,6-7,10-14,26H2,1-2H3,(H,30,33)(H,31,34)(H,36,37)(H4,27,28,29). The number of aliphatic imine (C=N–C) groups is 1. The lowest BCUT2D eigenvalue weighted by Gasteiger charge is -2.30. The molecule has 0 aromatic heterocycles. The molecule has 9 N–H and O–H groups in total. The summed E-state index contributed by atoms with van der Waals surface area (Å²) in [5.41, 5.74) is 17.8. The van der Waals surface area contributed by atoms with E-state index in [0.717, 1.165) is 5.56 Å². The summed E-state index contributed by atoms with van der Waals surface area (Å²) < 4.78 is 0. The maximum Gasteiger partial charge on any atom is 0.326 e. The van der Waals surface area contributed by atoms with E-state index in [2.05, 4.69) is 15.6 Å². The quantitative estimate of drug-likeness (QED) is 0.112. The van der Waals surface area contributed by atoms with Gasteiger partial charge in [0.2, 0.25) is 17.7 Å². The smallest absolute Gasteiger partial charge is 0.326 e. The van der Waals surface area contributed by atoms with Crippen LogP contribution >= 0.6 is 0 Å². The number of guanidine groups is 1. The number of aliphatic carboxylic acids is 1. The average molecular weight is 518 g/mol. The number of carbonyl (C=O) groups excluding carboxylic acids is 3. The number of amides is 3. The number of carboxylic acids is 1. The highest BCUT2D eigenvalue weighted by atomic mass is 16.4. The molecule has 1 aromatic carbocycles. The Morgan fingerprint density at radius 1 is 1.14 bits per heavy atom. The molecule has 2 rings (SSSR count). The fourth-order valence-corrected chi connectivity index (χ4v) is 4.27. The van der Waals surface area contributed by atoms with Gasteiger partial charge in [0, 0.05) is 13.1 Å². The summed E-state index contributed by atoms with van der Waals surface area (Å²) in [5.74, 6) is -3.00. The highest BCUT2D eigenvalue weighted by Gasteiger charge is 2.39. The maximum absolute atomic E-state index is 13.5. The van der Waals surface area contributed by atoms with Crippen LogP contribution in [0.1, 0.15) is 45.1 Å². The molecule has 0 radical (unpaired) electrons. The van der Waals surface area contributed by atoms with Gasteiger partial charge in [0.25, 0.3) is 0 Å². The number of nitrogens with zero attached hydrogens (tertiary/aromatic N) is 2. The van der Waals surface area contributed by atoms with Gasteiger partial charge in [0.1, 0.15) is 18.1 Å². The van der Waals surface area contributed by atoms with Crippen LogP contribution in [0.2, 0.25) is 0 Å². The number of rotatable bonds is 13. The van der Waals surface area contributed by atoms with E-state index in [9.17, 15) is 24.3 Å². The summed E-state index contributed by atoms with van der Waals surface area (Å²) in [4.78, 5) is 56.3. The Labute approximate surface area is 217 Å². The third kappa shape index (κ3) is 9.05. The summed E-state index contributed by atoms with van der Waals surface area (Å²) >= 11 is 0. The van der Waals surface area contributed by atoms with E-state index in [0.29, 0.717) is 32.2 Å². The van der Waals surface area contributed by atoms with E-state index in [1.54, 1.807) is 13.8 Å². The van der Waals surface area contributed by atoms with Gasteiger partial charge in [-0.15, -0.1) is 0 Å². The number of carbonyl (C=O) groups is 4. The van der Waals surface area contributed by atoms with Gasteiger partial charge in [-0.3, -0.25) is 19.4 Å². The second-order valence-electron chi connectivity index (χ2n) is 9.56. The maximum atomic E-state index is 13.5. The van der Waals surface area contributed by atoms with Gasteiger partial charge in [0.15, 0.2) is 5.96 Å². The van der Waals surface area contributed by atoms with Crippen LogP contribution in [0.4, 0.5) is 0 Å². The van der Waals surface area contributed by atoms with Crippen molar-refractivity contribution < 1.29 is 24.3 Å². The lowest BCUT2D eigenvalue weighted by Crippen LogP contribution is -2.57. The van der Waals surface area contributed by atoms with Crippen molar-refractivity contribution in [3.63, 3.8) is 0 Å². The average Bonchev–Trinajstić information content (AvgIpc) is 3.34. The predicted molar refractivity (Wildman–Crippen MR) is 139 cm³/mol. The van der Waals surface area contributed by atoms with Crippen molar-refractivity contribution in [3.8, 4) is 0 Å². The lowest BCUT2D eigenvalue weighted by molar-refractivity contribution is -0.145. The van der Waals surface area contributed by atoms with Gasteiger partial charge in [-0.05, 0) is 43.6 Å². The zero-order chi connectivity index (χ0) is 27.5. The molecule has 4 unspecified atom stereocenters. The molecular formula is C25H39N7O5. The van der Waals surface area contributed by atoms with Crippen LogP contribution in [-0.4, -0.2) is 76.9 Å². The minimum Gasteiger partial charge on any atom is -0.480 e. The number of hydrogen-bond acceptors (Lipinski definition) is 6. The van der Waals surface area contributed by atoms with Gasteiger partial charge in [-0.25, -0.2) is 4.79 Å². The molecule has 204 valence electrons. The Morgan fingerprint density at radius 2 is 1.81 bits per heavy atom. The van der Waals surface area contributed by atoms with E-state index in [1.165, 1.54) is 4.90 Å². The van der Waals surface area contributed by atoms with Gasteiger partial charge in [-0.2, -0.15) is 0 Å². The van der Waals surface area contributed by atoms with Crippen LogP contribution in [-0.2, 0) is 25.6 Å². The molecule has 1 aliphatic heterocycles. The third-order valence-corrected chi connectivity index (χ3v) is 6.26. The molecule has 12 nitrogen and oxygen atoms in total. The number of carboxylic acid groups (broad SMARTS) is 1. The molecule has 0 spiro atoms. The molecule has 1 saturated heterocycles. The van der Waals surface area contributed by atoms with Crippen molar-refractivity contribution >= 4 is 29.7 Å². The van der Waals surface area contributed by atoms with Crippen molar-refractivity contribution in [2.75, 3.05) is 13.1 Å². The van der Waals surface area contributed by atoms with Crippen molar-refractivity contribution in [2.24, 2.45) is 28.1 Å². The Kier molecular flexibility index (Phi) is 11.3. The minimum atomic E-state index is -1.14. The molecule has 1 aromatic rings. The van der Waals surface area contributed by atoms with Crippen LogP contribution in [0.15, 0.2) is 35.3 Å². The molecule has 0 aliphatic carbocycles. The van der Waals surface area contributed by atoms with E-state index >= 15 is 0 Å². The minimum absolute atomic E-state index is 0.0776. The first-order valence-corrected chi connectivity index (χ1v) is 12.5. The monoisotopic (exact) mass is 517 g/mol. The molecule has 3 amide bonds. The fourth-order valence-electron chi connectivity index (χ4n) is 4.27. The lowest BCUT2D eigenvalue weighted by atomic mass is 10.0. The Balaban J connectivity index is 2.14. The van der Waals surface area contributed by atoms with E-state index in [-0.39, 0.29) is 24.8 Å².